The summed E-state index contributed by atoms with van der Waals surface area (Å²) in [5.41, 5.74) is 1.75. The van der Waals surface area contributed by atoms with E-state index in [0.29, 0.717) is 18.2 Å². The minimum atomic E-state index is 0.215. The van der Waals surface area contributed by atoms with Gasteiger partial charge in [0.2, 0.25) is 5.91 Å². The summed E-state index contributed by atoms with van der Waals surface area (Å²) in [6.07, 6.45) is 3.14. The number of benzene rings is 1. The van der Waals surface area contributed by atoms with E-state index in [1.807, 2.05) is 29.2 Å². The lowest BCUT2D eigenvalue weighted by Gasteiger charge is -2.30. The van der Waals surface area contributed by atoms with Gasteiger partial charge in [0.1, 0.15) is 5.52 Å². The highest BCUT2D eigenvalue weighted by atomic mass is 35.5. The average molecular weight is 307 g/mol. The minimum absolute atomic E-state index is 0.215. The molecule has 0 unspecified atom stereocenters. The van der Waals surface area contributed by atoms with E-state index in [4.69, 9.17) is 16.0 Å². The number of nitrogens with zero attached hydrogens (tertiary/aromatic N) is 2. The first-order valence-corrected chi connectivity index (χ1v) is 8.00. The molecule has 1 aromatic heterocycles. The van der Waals surface area contributed by atoms with Gasteiger partial charge in [-0.15, -0.1) is 11.6 Å². The summed E-state index contributed by atoms with van der Waals surface area (Å²) in [4.78, 5) is 18.5. The number of hydrogen-bond donors (Lipinski definition) is 0. The van der Waals surface area contributed by atoms with Crippen molar-refractivity contribution < 1.29 is 9.21 Å². The van der Waals surface area contributed by atoms with E-state index in [-0.39, 0.29) is 5.91 Å². The van der Waals surface area contributed by atoms with Gasteiger partial charge in [0.05, 0.1) is 0 Å². The quantitative estimate of drug-likeness (QED) is 0.812. The number of fused-ring (bicyclic) bond motifs is 1. The first-order chi connectivity index (χ1) is 10.3. The second-order valence-electron chi connectivity index (χ2n) is 5.47. The number of amides is 1. The van der Waals surface area contributed by atoms with Crippen LogP contribution in [0.1, 0.15) is 37.5 Å². The molecule has 0 N–H and O–H groups in total. The zero-order valence-corrected chi connectivity index (χ0v) is 12.7. The molecule has 112 valence electrons. The zero-order valence-electron chi connectivity index (χ0n) is 11.9. The van der Waals surface area contributed by atoms with Crippen molar-refractivity contribution in [3.05, 3.63) is 30.2 Å². The van der Waals surface area contributed by atoms with E-state index in [0.717, 1.165) is 49.3 Å². The Morgan fingerprint density at radius 1 is 1.33 bits per heavy atom. The molecule has 1 aliphatic rings. The number of oxazole rings is 1. The highest BCUT2D eigenvalue weighted by Gasteiger charge is 2.26. The van der Waals surface area contributed by atoms with Gasteiger partial charge in [-0.1, -0.05) is 12.1 Å². The molecule has 4 nitrogen and oxygen atoms in total. The smallest absolute Gasteiger partial charge is 0.222 e. The Morgan fingerprint density at radius 3 is 2.81 bits per heavy atom. The van der Waals surface area contributed by atoms with E-state index < -0.39 is 0 Å². The van der Waals surface area contributed by atoms with Crippen molar-refractivity contribution in [2.24, 2.45) is 0 Å². The minimum Gasteiger partial charge on any atom is -0.440 e. The molecule has 0 saturated carbocycles. The third-order valence-corrected chi connectivity index (χ3v) is 4.30. The van der Waals surface area contributed by atoms with Gasteiger partial charge in [-0.05, 0) is 31.4 Å². The average Bonchev–Trinajstić information content (AvgIpc) is 2.96. The number of alkyl halides is 1. The zero-order chi connectivity index (χ0) is 14.7. The van der Waals surface area contributed by atoms with E-state index in [2.05, 4.69) is 4.98 Å². The summed E-state index contributed by atoms with van der Waals surface area (Å²) in [5.74, 6) is 1.88. The number of carbonyl (C=O) groups excluding carboxylic acids is 1. The second-order valence-corrected chi connectivity index (χ2v) is 5.85. The number of likely N-dealkylation sites (tertiary alicyclic amines) is 1. The fourth-order valence-electron chi connectivity index (χ4n) is 2.82. The van der Waals surface area contributed by atoms with Gasteiger partial charge in [0.25, 0.3) is 0 Å². The number of piperidine rings is 1. The number of hydrogen-bond acceptors (Lipinski definition) is 3. The van der Waals surface area contributed by atoms with E-state index in [9.17, 15) is 4.79 Å². The lowest BCUT2D eigenvalue weighted by Crippen LogP contribution is -2.37. The van der Waals surface area contributed by atoms with Gasteiger partial charge in [0.15, 0.2) is 11.5 Å². The Bertz CT molecular complexity index is 585. The molecule has 0 atom stereocenters. The number of halogens is 1. The monoisotopic (exact) mass is 306 g/mol. The van der Waals surface area contributed by atoms with Crippen molar-refractivity contribution in [2.75, 3.05) is 19.0 Å². The fraction of sp³-hybridized carbons (Fsp3) is 0.500. The van der Waals surface area contributed by atoms with Crippen LogP contribution in [-0.2, 0) is 4.79 Å². The number of para-hydroxylation sites is 2. The normalized spacial score (nSPS) is 16.5. The predicted molar refractivity (Wildman–Crippen MR) is 82.5 cm³/mol. The molecule has 0 spiro atoms. The van der Waals surface area contributed by atoms with Crippen LogP contribution in [0.4, 0.5) is 0 Å². The molecule has 0 bridgehead atoms. The molecule has 3 rings (SSSR count). The first kappa shape index (κ1) is 14.4. The Hall–Kier alpha value is -1.55. The summed E-state index contributed by atoms with van der Waals surface area (Å²) >= 11 is 5.64. The lowest BCUT2D eigenvalue weighted by atomic mass is 9.96. The van der Waals surface area contributed by atoms with Crippen LogP contribution < -0.4 is 0 Å². The van der Waals surface area contributed by atoms with Gasteiger partial charge in [0, 0.05) is 31.3 Å². The summed E-state index contributed by atoms with van der Waals surface area (Å²) < 4.78 is 5.84. The summed E-state index contributed by atoms with van der Waals surface area (Å²) in [5, 5.41) is 0. The second kappa shape index (κ2) is 6.48. The topological polar surface area (TPSA) is 46.3 Å². The van der Waals surface area contributed by atoms with Crippen LogP contribution in [0.25, 0.3) is 11.1 Å². The van der Waals surface area contributed by atoms with Crippen molar-refractivity contribution >= 4 is 28.6 Å². The van der Waals surface area contributed by atoms with Gasteiger partial charge in [-0.2, -0.15) is 0 Å². The molecule has 0 aliphatic carbocycles. The Kier molecular flexibility index (Phi) is 4.44. The first-order valence-electron chi connectivity index (χ1n) is 7.47. The molecular weight excluding hydrogens is 288 g/mol. The molecule has 0 radical (unpaired) electrons. The van der Waals surface area contributed by atoms with Crippen molar-refractivity contribution in [2.45, 2.75) is 31.6 Å². The number of rotatable bonds is 4. The van der Waals surface area contributed by atoms with Gasteiger partial charge in [-0.3, -0.25) is 4.79 Å². The van der Waals surface area contributed by atoms with Crippen molar-refractivity contribution in [3.63, 3.8) is 0 Å². The van der Waals surface area contributed by atoms with Gasteiger partial charge < -0.3 is 9.32 Å². The van der Waals surface area contributed by atoms with Crippen LogP contribution in [0.2, 0.25) is 0 Å². The van der Waals surface area contributed by atoms with E-state index >= 15 is 0 Å². The Labute approximate surface area is 129 Å². The van der Waals surface area contributed by atoms with Gasteiger partial charge in [-0.25, -0.2) is 4.98 Å². The van der Waals surface area contributed by atoms with Crippen LogP contribution in [0.5, 0.6) is 0 Å². The fourth-order valence-corrected chi connectivity index (χ4v) is 2.95. The lowest BCUT2D eigenvalue weighted by molar-refractivity contribution is -0.132. The molecular formula is C16H19ClN2O2. The number of aromatic nitrogens is 1. The van der Waals surface area contributed by atoms with E-state index in [1.165, 1.54) is 0 Å². The molecule has 5 heteroatoms. The SMILES string of the molecule is O=C(CCCCl)N1CCC(c2nc3ccccc3o2)CC1. The van der Waals surface area contributed by atoms with Crippen LogP contribution in [-0.4, -0.2) is 34.8 Å². The van der Waals surface area contributed by atoms with Gasteiger partial charge >= 0.3 is 0 Å². The molecule has 1 fully saturated rings. The van der Waals surface area contributed by atoms with E-state index in [1.54, 1.807) is 0 Å². The molecule has 21 heavy (non-hydrogen) atoms. The summed E-state index contributed by atoms with van der Waals surface area (Å²) in [7, 11) is 0. The molecule has 1 amide bonds. The highest BCUT2D eigenvalue weighted by molar-refractivity contribution is 6.17. The highest BCUT2D eigenvalue weighted by Crippen LogP contribution is 2.30. The Balaban J connectivity index is 1.61. The largest absolute Gasteiger partial charge is 0.440 e. The molecule has 2 heterocycles. The third-order valence-electron chi connectivity index (χ3n) is 4.03. The van der Waals surface area contributed by atoms with Crippen molar-refractivity contribution in [1.29, 1.82) is 0 Å². The summed E-state index contributed by atoms with van der Waals surface area (Å²) in [6.45, 7) is 1.56. The van der Waals surface area contributed by atoms with Crippen LogP contribution >= 0.6 is 11.6 Å². The van der Waals surface area contributed by atoms with Crippen LogP contribution in [0.3, 0.4) is 0 Å². The molecule has 1 saturated heterocycles. The van der Waals surface area contributed by atoms with Crippen molar-refractivity contribution in [1.82, 2.24) is 9.88 Å². The maximum absolute atomic E-state index is 12.0. The molecule has 1 aliphatic heterocycles. The van der Waals surface area contributed by atoms with Crippen LogP contribution in [0.15, 0.2) is 28.7 Å². The maximum Gasteiger partial charge on any atom is 0.222 e. The Morgan fingerprint density at radius 2 is 2.10 bits per heavy atom. The standard InChI is InChI=1S/C16H19ClN2O2/c17-9-3-6-15(20)19-10-7-12(8-11-19)16-18-13-4-1-2-5-14(13)21-16/h1-2,4-5,12H,3,6-11H2. The maximum atomic E-state index is 12.0. The molecule has 2 aromatic rings. The van der Waals surface area contributed by atoms with Crippen LogP contribution in [0, 0.1) is 0 Å². The predicted octanol–water partition coefficient (Wildman–Crippen LogP) is 3.55. The third kappa shape index (κ3) is 3.21. The van der Waals surface area contributed by atoms with Crippen molar-refractivity contribution in [3.8, 4) is 0 Å². The number of carbonyl (C=O) groups is 1. The molecule has 1 aromatic carbocycles. The summed E-state index contributed by atoms with van der Waals surface area (Å²) in [6, 6.07) is 7.83.